The van der Waals surface area contributed by atoms with E-state index in [1.54, 1.807) is 6.92 Å². The van der Waals surface area contributed by atoms with Gasteiger partial charge in [-0.05, 0) is 37.8 Å². The molecule has 0 N–H and O–H groups in total. The lowest BCUT2D eigenvalue weighted by Gasteiger charge is -2.28. The Kier molecular flexibility index (Phi) is 11.4. The normalized spacial score (nSPS) is 14.2. The summed E-state index contributed by atoms with van der Waals surface area (Å²) in [5, 5.41) is 0. The lowest BCUT2D eigenvalue weighted by Crippen LogP contribution is -2.41. The number of hydrogen-bond acceptors (Lipinski definition) is 5. The maximum Gasteiger partial charge on any atom is 0.338 e. The third kappa shape index (κ3) is 9.11. The largest absolute Gasteiger partial charge is 0.462 e. The minimum absolute atomic E-state index is 0.249. The van der Waals surface area contributed by atoms with E-state index in [9.17, 15) is 4.79 Å². The monoisotopic (exact) mass is 441 g/mol. The molecule has 0 amide bonds. The van der Waals surface area contributed by atoms with Crippen molar-refractivity contribution in [3.63, 3.8) is 0 Å². The molecule has 0 aromatic heterocycles. The van der Waals surface area contributed by atoms with E-state index in [-0.39, 0.29) is 12.1 Å². The van der Waals surface area contributed by atoms with Gasteiger partial charge >= 0.3 is 5.97 Å². The highest BCUT2D eigenvalue weighted by Gasteiger charge is 2.34. The maximum absolute atomic E-state index is 12.8. The summed E-state index contributed by atoms with van der Waals surface area (Å²) in [6.07, 6.45) is 1.79. The summed E-state index contributed by atoms with van der Waals surface area (Å²) >= 11 is 0. The number of nitrogens with zero attached hydrogens (tertiary/aromatic N) is 1. The van der Waals surface area contributed by atoms with Gasteiger partial charge in [-0.25, -0.2) is 4.79 Å². The Morgan fingerprint density at radius 1 is 0.938 bits per heavy atom. The molecule has 0 heterocycles. The van der Waals surface area contributed by atoms with E-state index < -0.39 is 5.60 Å². The van der Waals surface area contributed by atoms with Gasteiger partial charge < -0.3 is 14.2 Å². The van der Waals surface area contributed by atoms with Crippen LogP contribution in [0.4, 0.5) is 0 Å². The molecule has 2 aromatic carbocycles. The first-order valence-electron chi connectivity index (χ1n) is 11.7. The standard InChI is InChI=1S/C27H39NO4/c1-5-23(3)30-19-17-28(21-24-13-9-7-10-14-24)18-20-31-26(29)27(4,6-2)32-22-25-15-11-8-12-16-25/h7-16,23H,5-6,17-22H2,1-4H3/t23?,27-/m1/s1. The second-order valence-corrected chi connectivity index (χ2v) is 8.35. The van der Waals surface area contributed by atoms with Crippen molar-refractivity contribution < 1.29 is 19.0 Å². The Bertz CT molecular complexity index is 768. The highest BCUT2D eigenvalue weighted by molar-refractivity contribution is 5.79. The van der Waals surface area contributed by atoms with Crippen LogP contribution in [-0.2, 0) is 32.2 Å². The Labute approximate surface area is 193 Å². The second kappa shape index (κ2) is 14.0. The molecule has 0 aliphatic rings. The first-order chi connectivity index (χ1) is 15.5. The van der Waals surface area contributed by atoms with Crippen LogP contribution in [0.15, 0.2) is 60.7 Å². The van der Waals surface area contributed by atoms with Gasteiger partial charge in [-0.1, -0.05) is 74.5 Å². The van der Waals surface area contributed by atoms with Crippen LogP contribution in [0.1, 0.15) is 51.7 Å². The molecule has 0 aliphatic carbocycles. The summed E-state index contributed by atoms with van der Waals surface area (Å²) in [4.78, 5) is 15.1. The lowest BCUT2D eigenvalue weighted by molar-refractivity contribution is -0.173. The van der Waals surface area contributed by atoms with Gasteiger partial charge in [-0.2, -0.15) is 0 Å². The quantitative estimate of drug-likeness (QED) is 0.354. The summed E-state index contributed by atoms with van der Waals surface area (Å²) in [5.41, 5.74) is 1.31. The van der Waals surface area contributed by atoms with E-state index in [4.69, 9.17) is 14.2 Å². The molecule has 5 heteroatoms. The van der Waals surface area contributed by atoms with Crippen LogP contribution in [0.2, 0.25) is 0 Å². The number of carbonyl (C=O) groups is 1. The van der Waals surface area contributed by atoms with Crippen molar-refractivity contribution in [2.75, 3.05) is 26.3 Å². The van der Waals surface area contributed by atoms with Crippen molar-refractivity contribution in [3.05, 3.63) is 71.8 Å². The highest BCUT2D eigenvalue weighted by Crippen LogP contribution is 2.20. The van der Waals surface area contributed by atoms with E-state index in [0.29, 0.717) is 32.8 Å². The van der Waals surface area contributed by atoms with Gasteiger partial charge in [-0.15, -0.1) is 0 Å². The molecule has 2 atom stereocenters. The molecular weight excluding hydrogens is 402 g/mol. The molecular formula is C27H39NO4. The van der Waals surface area contributed by atoms with Gasteiger partial charge in [0, 0.05) is 19.6 Å². The fourth-order valence-electron chi connectivity index (χ4n) is 3.15. The van der Waals surface area contributed by atoms with Crippen molar-refractivity contribution in [1.82, 2.24) is 4.90 Å². The van der Waals surface area contributed by atoms with Crippen molar-refractivity contribution in [1.29, 1.82) is 0 Å². The molecule has 0 radical (unpaired) electrons. The lowest BCUT2D eigenvalue weighted by atomic mass is 10.0. The molecule has 0 saturated carbocycles. The number of esters is 1. The molecule has 0 bridgehead atoms. The minimum atomic E-state index is -0.959. The first kappa shape index (κ1) is 26.0. The first-order valence-corrected chi connectivity index (χ1v) is 11.7. The van der Waals surface area contributed by atoms with Crippen LogP contribution in [0.25, 0.3) is 0 Å². The average molecular weight is 442 g/mol. The fraction of sp³-hybridized carbons (Fsp3) is 0.519. The Balaban J connectivity index is 1.86. The van der Waals surface area contributed by atoms with Crippen molar-refractivity contribution in [3.8, 4) is 0 Å². The number of benzene rings is 2. The zero-order chi connectivity index (χ0) is 23.2. The van der Waals surface area contributed by atoms with E-state index in [1.807, 2.05) is 55.5 Å². The van der Waals surface area contributed by atoms with Gasteiger partial charge in [0.05, 0.1) is 19.3 Å². The van der Waals surface area contributed by atoms with Crippen LogP contribution >= 0.6 is 0 Å². The van der Waals surface area contributed by atoms with Crippen LogP contribution in [0, 0.1) is 0 Å². The maximum atomic E-state index is 12.8. The second-order valence-electron chi connectivity index (χ2n) is 8.35. The zero-order valence-corrected chi connectivity index (χ0v) is 20.1. The molecule has 0 fully saturated rings. The summed E-state index contributed by atoms with van der Waals surface area (Å²) in [5.74, 6) is -0.313. The molecule has 2 aromatic rings. The molecule has 0 aliphatic heterocycles. The van der Waals surface area contributed by atoms with Crippen LogP contribution in [-0.4, -0.2) is 48.9 Å². The van der Waals surface area contributed by atoms with E-state index >= 15 is 0 Å². The number of rotatable bonds is 15. The minimum Gasteiger partial charge on any atom is -0.462 e. The summed E-state index contributed by atoms with van der Waals surface area (Å²) < 4.78 is 17.5. The SMILES string of the molecule is CCC(C)OCCN(CCOC(=O)[C@@](C)(CC)OCc1ccccc1)Cc1ccccc1. The van der Waals surface area contributed by atoms with E-state index in [2.05, 4.69) is 30.9 Å². The molecule has 32 heavy (non-hydrogen) atoms. The average Bonchev–Trinajstić information content (AvgIpc) is 2.83. The van der Waals surface area contributed by atoms with E-state index in [1.165, 1.54) is 5.56 Å². The number of ether oxygens (including phenoxy) is 3. The molecule has 0 saturated heterocycles. The molecule has 0 spiro atoms. The number of carbonyl (C=O) groups excluding carboxylic acids is 1. The van der Waals surface area contributed by atoms with Gasteiger partial charge in [0.2, 0.25) is 0 Å². The Hall–Kier alpha value is -2.21. The smallest absolute Gasteiger partial charge is 0.338 e. The van der Waals surface area contributed by atoms with Crippen molar-refractivity contribution in [2.45, 2.75) is 65.4 Å². The molecule has 2 rings (SSSR count). The third-order valence-corrected chi connectivity index (χ3v) is 5.78. The Morgan fingerprint density at radius 2 is 1.53 bits per heavy atom. The molecule has 5 nitrogen and oxygen atoms in total. The van der Waals surface area contributed by atoms with Gasteiger partial charge in [0.15, 0.2) is 5.60 Å². The van der Waals surface area contributed by atoms with Crippen molar-refractivity contribution in [2.24, 2.45) is 0 Å². The van der Waals surface area contributed by atoms with Crippen LogP contribution in [0.5, 0.6) is 0 Å². The predicted octanol–water partition coefficient (Wildman–Crippen LogP) is 5.23. The van der Waals surface area contributed by atoms with Gasteiger partial charge in [0.1, 0.15) is 6.61 Å². The number of hydrogen-bond donors (Lipinski definition) is 0. The topological polar surface area (TPSA) is 48.0 Å². The summed E-state index contributed by atoms with van der Waals surface area (Å²) in [6.45, 7) is 11.5. The highest BCUT2D eigenvalue weighted by atomic mass is 16.6. The van der Waals surface area contributed by atoms with Gasteiger partial charge in [0.25, 0.3) is 0 Å². The predicted molar refractivity (Wildman–Crippen MR) is 128 cm³/mol. The molecule has 1 unspecified atom stereocenters. The Morgan fingerprint density at radius 3 is 2.12 bits per heavy atom. The van der Waals surface area contributed by atoms with Crippen LogP contribution in [0.3, 0.4) is 0 Å². The van der Waals surface area contributed by atoms with Crippen LogP contribution < -0.4 is 0 Å². The molecule has 176 valence electrons. The summed E-state index contributed by atoms with van der Waals surface area (Å²) in [6, 6.07) is 20.2. The fourth-order valence-corrected chi connectivity index (χ4v) is 3.15. The van der Waals surface area contributed by atoms with Gasteiger partial charge in [-0.3, -0.25) is 4.90 Å². The van der Waals surface area contributed by atoms with Crippen molar-refractivity contribution >= 4 is 5.97 Å². The summed E-state index contributed by atoms with van der Waals surface area (Å²) in [7, 11) is 0. The van der Waals surface area contributed by atoms with E-state index in [0.717, 1.165) is 25.1 Å². The third-order valence-electron chi connectivity index (χ3n) is 5.78. The zero-order valence-electron chi connectivity index (χ0n) is 20.1.